The van der Waals surface area contributed by atoms with Gasteiger partial charge in [0.05, 0.1) is 19.7 Å². The van der Waals surface area contributed by atoms with Gasteiger partial charge in [0.15, 0.2) is 11.5 Å². The molecule has 0 fully saturated rings. The molecule has 3 rings (SSSR count). The molecule has 2 aromatic carbocycles. The molecule has 1 atom stereocenters. The summed E-state index contributed by atoms with van der Waals surface area (Å²) < 4.78 is 17.3. The number of likely N-dealkylation sites (N-methyl/N-ethyl adjacent to an activating group) is 1. The second-order valence-corrected chi connectivity index (χ2v) is 7.01. The zero-order valence-corrected chi connectivity index (χ0v) is 16.5. The van der Waals surface area contributed by atoms with Crippen LogP contribution in [0.2, 0.25) is 0 Å². The number of amides is 1. The lowest BCUT2D eigenvalue weighted by molar-refractivity contribution is -0.122. The molecule has 0 aliphatic carbocycles. The van der Waals surface area contributed by atoms with E-state index in [1.165, 1.54) is 0 Å². The van der Waals surface area contributed by atoms with Gasteiger partial charge in [-0.2, -0.15) is 0 Å². The van der Waals surface area contributed by atoms with Gasteiger partial charge in [0.25, 0.3) is 0 Å². The molecule has 1 aliphatic rings. The second kappa shape index (κ2) is 9.99. The van der Waals surface area contributed by atoms with Crippen molar-refractivity contribution in [3.8, 4) is 17.2 Å². The third-order valence-electron chi connectivity index (χ3n) is 4.54. The van der Waals surface area contributed by atoms with Crippen LogP contribution in [0, 0.1) is 6.92 Å². The number of rotatable bonds is 9. The van der Waals surface area contributed by atoms with Crippen LogP contribution in [0.1, 0.15) is 12.0 Å². The second-order valence-electron chi connectivity index (χ2n) is 7.01. The van der Waals surface area contributed by atoms with Gasteiger partial charge in [-0.15, -0.1) is 0 Å². The molecule has 28 heavy (non-hydrogen) atoms. The number of carbonyl (C=O) groups is 1. The molecule has 0 radical (unpaired) electrons. The smallest absolute Gasteiger partial charge is 0.234 e. The fourth-order valence-corrected chi connectivity index (χ4v) is 3.01. The van der Waals surface area contributed by atoms with E-state index >= 15 is 0 Å². The fourth-order valence-electron chi connectivity index (χ4n) is 3.01. The summed E-state index contributed by atoms with van der Waals surface area (Å²) in [5.74, 6) is 2.36. The molecular weight excluding hydrogens is 356 g/mol. The number of nitrogens with zero attached hydrogens (tertiary/aromatic N) is 1. The number of nitrogens with one attached hydrogen (secondary N) is 1. The van der Waals surface area contributed by atoms with E-state index < -0.39 is 0 Å². The Morgan fingerprint density at radius 3 is 2.75 bits per heavy atom. The van der Waals surface area contributed by atoms with E-state index in [4.69, 9.17) is 14.2 Å². The molecule has 1 heterocycles. The van der Waals surface area contributed by atoms with Crippen LogP contribution in [0.25, 0.3) is 0 Å². The quantitative estimate of drug-likeness (QED) is 0.674. The molecule has 0 bridgehead atoms. The highest BCUT2D eigenvalue weighted by Gasteiger charge is 2.21. The summed E-state index contributed by atoms with van der Waals surface area (Å²) in [5, 5.41) is 2.92. The maximum Gasteiger partial charge on any atom is 0.234 e. The van der Waals surface area contributed by atoms with Gasteiger partial charge >= 0.3 is 0 Å². The summed E-state index contributed by atoms with van der Waals surface area (Å²) in [6.07, 6.45) is 0.681. The molecule has 6 heteroatoms. The van der Waals surface area contributed by atoms with Crippen LogP contribution in [0.4, 0.5) is 0 Å². The highest BCUT2D eigenvalue weighted by atomic mass is 16.6. The Kier molecular flexibility index (Phi) is 7.14. The average Bonchev–Trinajstić information content (AvgIpc) is 2.70. The Labute approximate surface area is 166 Å². The van der Waals surface area contributed by atoms with Crippen molar-refractivity contribution in [2.24, 2.45) is 0 Å². The van der Waals surface area contributed by atoms with Gasteiger partial charge in [-0.25, -0.2) is 0 Å². The number of hydrogen-bond donors (Lipinski definition) is 1. The van der Waals surface area contributed by atoms with Crippen LogP contribution in [0.5, 0.6) is 17.2 Å². The number of ether oxygens (including phenoxy) is 3. The number of hydrogen-bond acceptors (Lipinski definition) is 5. The largest absolute Gasteiger partial charge is 0.493 e. The molecular formula is C22H28N2O4. The lowest BCUT2D eigenvalue weighted by Gasteiger charge is -2.26. The molecule has 2 aromatic rings. The molecule has 150 valence electrons. The lowest BCUT2D eigenvalue weighted by atomic mass is 10.2. The summed E-state index contributed by atoms with van der Waals surface area (Å²) in [4.78, 5) is 14.2. The molecule has 0 saturated carbocycles. The van der Waals surface area contributed by atoms with Gasteiger partial charge in [-0.05, 0) is 44.2 Å². The minimum atomic E-state index is -0.174. The van der Waals surface area contributed by atoms with Crippen molar-refractivity contribution in [3.63, 3.8) is 0 Å². The minimum Gasteiger partial charge on any atom is -0.493 e. The molecule has 1 amide bonds. The Morgan fingerprint density at radius 2 is 1.93 bits per heavy atom. The predicted octanol–water partition coefficient (Wildman–Crippen LogP) is 2.65. The highest BCUT2D eigenvalue weighted by molar-refractivity contribution is 5.78. The third-order valence-corrected chi connectivity index (χ3v) is 4.54. The fraction of sp³-hybridized carbons (Fsp3) is 0.409. The van der Waals surface area contributed by atoms with Gasteiger partial charge in [-0.1, -0.05) is 30.3 Å². The van der Waals surface area contributed by atoms with Gasteiger partial charge in [0, 0.05) is 6.54 Å². The monoisotopic (exact) mass is 384 g/mol. The first kappa shape index (κ1) is 20.0. The van der Waals surface area contributed by atoms with E-state index in [0.29, 0.717) is 26.3 Å². The zero-order chi connectivity index (χ0) is 19.8. The topological polar surface area (TPSA) is 60.0 Å². The normalized spacial score (nSPS) is 15.3. The van der Waals surface area contributed by atoms with Gasteiger partial charge < -0.3 is 19.5 Å². The van der Waals surface area contributed by atoms with Crippen LogP contribution in [-0.4, -0.2) is 56.8 Å². The number of para-hydroxylation sites is 3. The van der Waals surface area contributed by atoms with E-state index in [2.05, 4.69) is 5.32 Å². The van der Waals surface area contributed by atoms with Crippen LogP contribution < -0.4 is 19.5 Å². The summed E-state index contributed by atoms with van der Waals surface area (Å²) in [5.41, 5.74) is 1.13. The molecule has 6 nitrogen and oxygen atoms in total. The van der Waals surface area contributed by atoms with Crippen LogP contribution in [0.15, 0.2) is 48.5 Å². The molecule has 0 spiro atoms. The first-order chi connectivity index (χ1) is 13.6. The van der Waals surface area contributed by atoms with E-state index in [0.717, 1.165) is 35.8 Å². The van der Waals surface area contributed by atoms with Crippen molar-refractivity contribution >= 4 is 5.91 Å². The molecule has 1 aliphatic heterocycles. The third kappa shape index (κ3) is 5.89. The van der Waals surface area contributed by atoms with E-state index in [-0.39, 0.29) is 12.0 Å². The van der Waals surface area contributed by atoms with Crippen molar-refractivity contribution in [2.75, 3.05) is 39.9 Å². The standard InChI is InChI=1S/C22H28N2O4/c1-17-8-3-4-9-19(17)26-13-7-12-24(2)15-22(25)23-14-18-16-27-20-10-5-6-11-21(20)28-18/h3-6,8-11,18H,7,12-16H2,1-2H3,(H,23,25). The van der Waals surface area contributed by atoms with Gasteiger partial charge in [0.2, 0.25) is 5.91 Å². The predicted molar refractivity (Wildman–Crippen MR) is 108 cm³/mol. The van der Waals surface area contributed by atoms with Crippen molar-refractivity contribution in [1.29, 1.82) is 0 Å². The van der Waals surface area contributed by atoms with Crippen molar-refractivity contribution in [1.82, 2.24) is 10.2 Å². The summed E-state index contributed by atoms with van der Waals surface area (Å²) in [6.45, 7) is 4.65. The summed E-state index contributed by atoms with van der Waals surface area (Å²) >= 11 is 0. The summed E-state index contributed by atoms with van der Waals surface area (Å²) in [7, 11) is 1.93. The summed E-state index contributed by atoms with van der Waals surface area (Å²) in [6, 6.07) is 15.5. The molecule has 0 saturated heterocycles. The van der Waals surface area contributed by atoms with Crippen molar-refractivity contribution in [3.05, 3.63) is 54.1 Å². The highest BCUT2D eigenvalue weighted by Crippen LogP contribution is 2.30. The Hall–Kier alpha value is -2.73. The van der Waals surface area contributed by atoms with Gasteiger partial charge in [-0.3, -0.25) is 9.69 Å². The zero-order valence-electron chi connectivity index (χ0n) is 16.5. The first-order valence-corrected chi connectivity index (χ1v) is 9.64. The van der Waals surface area contributed by atoms with E-state index in [9.17, 15) is 4.79 Å². The Morgan fingerprint density at radius 1 is 1.18 bits per heavy atom. The van der Waals surface area contributed by atoms with Crippen LogP contribution in [0.3, 0.4) is 0 Å². The Balaban J connectivity index is 1.30. The number of benzene rings is 2. The molecule has 1 N–H and O–H groups in total. The van der Waals surface area contributed by atoms with Crippen LogP contribution >= 0.6 is 0 Å². The Bertz CT molecular complexity index is 781. The van der Waals surface area contributed by atoms with Crippen molar-refractivity contribution in [2.45, 2.75) is 19.4 Å². The average molecular weight is 384 g/mol. The first-order valence-electron chi connectivity index (χ1n) is 9.64. The SMILES string of the molecule is Cc1ccccc1OCCCN(C)CC(=O)NCC1COc2ccccc2O1. The van der Waals surface area contributed by atoms with Crippen LogP contribution in [-0.2, 0) is 4.79 Å². The number of carbonyl (C=O) groups excluding carboxylic acids is 1. The lowest BCUT2D eigenvalue weighted by Crippen LogP contribution is -2.43. The molecule has 0 aromatic heterocycles. The van der Waals surface area contributed by atoms with E-state index in [1.54, 1.807) is 0 Å². The minimum absolute atomic E-state index is 0.0234. The van der Waals surface area contributed by atoms with Gasteiger partial charge in [0.1, 0.15) is 18.5 Å². The molecule has 1 unspecified atom stereocenters. The maximum absolute atomic E-state index is 12.2. The van der Waals surface area contributed by atoms with Crippen molar-refractivity contribution < 1.29 is 19.0 Å². The van der Waals surface area contributed by atoms with E-state index in [1.807, 2.05) is 67.4 Å². The number of aryl methyl sites for hydroxylation is 1. The maximum atomic E-state index is 12.2. The number of fused-ring (bicyclic) bond motifs is 1.